The molecule has 0 saturated carbocycles. The summed E-state index contributed by atoms with van der Waals surface area (Å²) in [5, 5.41) is 9.48. The van der Waals surface area contributed by atoms with Gasteiger partial charge in [0, 0.05) is 49.7 Å². The lowest BCUT2D eigenvalue weighted by Gasteiger charge is -2.26. The van der Waals surface area contributed by atoms with E-state index in [1.807, 2.05) is 6.07 Å². The molecule has 2 aliphatic rings. The minimum atomic E-state index is -0.637. The highest BCUT2D eigenvalue weighted by atomic mass is 19.1. The molecule has 3 aromatic rings. The molecular weight excluding hydrogens is 506 g/mol. The van der Waals surface area contributed by atoms with Crippen molar-refractivity contribution in [3.63, 3.8) is 0 Å². The molecule has 3 heterocycles. The molecule has 0 aliphatic carbocycles. The highest BCUT2D eigenvalue weighted by Crippen LogP contribution is 2.29. The lowest BCUT2D eigenvalue weighted by molar-refractivity contribution is 0.0383. The van der Waals surface area contributed by atoms with Crippen molar-refractivity contribution in [2.75, 3.05) is 63.2 Å². The Kier molecular flexibility index (Phi) is 8.79. The zero-order valence-corrected chi connectivity index (χ0v) is 21.6. The predicted octanol–water partition coefficient (Wildman–Crippen LogP) is 4.20. The molecule has 2 aromatic carbocycles. The lowest BCUT2D eigenvalue weighted by Crippen LogP contribution is -2.41. The molecule has 1 fully saturated rings. The first-order chi connectivity index (χ1) is 19.1. The maximum Gasteiger partial charge on any atom is 0.253 e. The first-order valence-electron chi connectivity index (χ1n) is 13.3. The molecule has 0 unspecified atom stereocenters. The number of morpholine rings is 1. The highest BCUT2D eigenvalue weighted by Gasteiger charge is 2.17. The van der Waals surface area contributed by atoms with Crippen molar-refractivity contribution in [1.82, 2.24) is 20.2 Å². The summed E-state index contributed by atoms with van der Waals surface area (Å²) in [7, 11) is 0. The Bertz CT molecular complexity index is 1300. The fraction of sp³-hybridized carbons (Fsp3) is 0.393. The molecule has 2 aliphatic heterocycles. The molecule has 0 atom stereocenters. The summed E-state index contributed by atoms with van der Waals surface area (Å²) in [6.45, 7) is 5.41. The molecule has 6 bridgehead atoms. The highest BCUT2D eigenvalue weighted by molar-refractivity contribution is 6.00. The zero-order chi connectivity index (χ0) is 27.0. The number of hydrogen-bond acceptors (Lipinski definition) is 8. The second-order valence-electron chi connectivity index (χ2n) is 9.47. The second kappa shape index (κ2) is 12.8. The number of anilines is 3. The Balaban J connectivity index is 1.37. The molecule has 1 saturated heterocycles. The zero-order valence-electron chi connectivity index (χ0n) is 21.6. The maximum absolute atomic E-state index is 14.7. The van der Waals surface area contributed by atoms with Gasteiger partial charge in [-0.3, -0.25) is 9.69 Å². The van der Waals surface area contributed by atoms with E-state index < -0.39 is 11.6 Å². The van der Waals surface area contributed by atoms with E-state index in [0.29, 0.717) is 61.8 Å². The van der Waals surface area contributed by atoms with Crippen LogP contribution in [0.4, 0.5) is 26.1 Å². The smallest absolute Gasteiger partial charge is 0.253 e. The van der Waals surface area contributed by atoms with E-state index in [0.717, 1.165) is 38.7 Å². The van der Waals surface area contributed by atoms with Crippen molar-refractivity contribution >= 4 is 23.2 Å². The third-order valence-corrected chi connectivity index (χ3v) is 6.68. The fourth-order valence-electron chi connectivity index (χ4n) is 4.54. The number of benzene rings is 2. The number of carbonyl (C=O) groups excluding carboxylic acids is 1. The van der Waals surface area contributed by atoms with Gasteiger partial charge in [0.1, 0.15) is 5.69 Å². The van der Waals surface area contributed by atoms with Gasteiger partial charge in [0.25, 0.3) is 5.91 Å². The van der Waals surface area contributed by atoms with Crippen LogP contribution in [0, 0.1) is 11.6 Å². The number of aromatic nitrogens is 2. The number of carbonyl (C=O) groups is 1. The molecule has 206 valence electrons. The van der Waals surface area contributed by atoms with Crippen LogP contribution in [0.1, 0.15) is 29.6 Å². The Morgan fingerprint density at radius 1 is 1.03 bits per heavy atom. The monoisotopic (exact) mass is 538 g/mol. The van der Waals surface area contributed by atoms with Crippen LogP contribution in [-0.2, 0) is 4.74 Å². The average Bonchev–Trinajstić information content (AvgIpc) is 2.95. The van der Waals surface area contributed by atoms with Crippen LogP contribution in [-0.4, -0.2) is 73.3 Å². The number of fused-ring (bicyclic) bond motifs is 7. The Morgan fingerprint density at radius 3 is 2.77 bits per heavy atom. The van der Waals surface area contributed by atoms with Crippen LogP contribution < -0.4 is 20.7 Å². The Labute approximate surface area is 225 Å². The molecule has 3 N–H and O–H groups in total. The van der Waals surface area contributed by atoms with Gasteiger partial charge < -0.3 is 25.4 Å². The van der Waals surface area contributed by atoms with Crippen LogP contribution in [0.3, 0.4) is 0 Å². The number of ether oxygens (including phenoxy) is 2. The van der Waals surface area contributed by atoms with Crippen LogP contribution in [0.2, 0.25) is 0 Å². The Morgan fingerprint density at radius 2 is 1.90 bits per heavy atom. The minimum absolute atomic E-state index is 0.0243. The molecule has 9 nitrogen and oxygen atoms in total. The van der Waals surface area contributed by atoms with Gasteiger partial charge in [0.2, 0.25) is 5.95 Å². The van der Waals surface area contributed by atoms with E-state index in [-0.39, 0.29) is 23.3 Å². The lowest BCUT2D eigenvalue weighted by atomic mass is 10.1. The molecule has 0 radical (unpaired) electrons. The first-order valence-corrected chi connectivity index (χ1v) is 13.3. The van der Waals surface area contributed by atoms with Crippen molar-refractivity contribution in [1.29, 1.82) is 0 Å². The van der Waals surface area contributed by atoms with E-state index >= 15 is 0 Å². The maximum atomic E-state index is 14.7. The summed E-state index contributed by atoms with van der Waals surface area (Å²) in [6, 6.07) is 9.48. The summed E-state index contributed by atoms with van der Waals surface area (Å²) in [6.07, 6.45) is 3.46. The minimum Gasteiger partial charge on any atom is -0.490 e. The third kappa shape index (κ3) is 6.98. The summed E-state index contributed by atoms with van der Waals surface area (Å²) in [4.78, 5) is 23.7. The van der Waals surface area contributed by atoms with Gasteiger partial charge in [-0.1, -0.05) is 0 Å². The van der Waals surface area contributed by atoms with Crippen LogP contribution in [0.25, 0.3) is 11.3 Å². The third-order valence-electron chi connectivity index (χ3n) is 6.68. The Hall–Kier alpha value is -3.83. The van der Waals surface area contributed by atoms with Gasteiger partial charge in [-0.25, -0.2) is 18.7 Å². The molecule has 1 aromatic heterocycles. The molecule has 1 amide bonds. The SMILES string of the molecule is O=C(NCCN1CCOCC1)c1ccc2cc1NCCCCCOc1cc(ccc1F)-c1nc(ncc1F)N2. The summed E-state index contributed by atoms with van der Waals surface area (Å²) < 4.78 is 40.0. The van der Waals surface area contributed by atoms with Gasteiger partial charge in [0.15, 0.2) is 17.4 Å². The summed E-state index contributed by atoms with van der Waals surface area (Å²) >= 11 is 0. The van der Waals surface area contributed by atoms with Gasteiger partial charge in [-0.2, -0.15) is 0 Å². The molecule has 39 heavy (non-hydrogen) atoms. The number of halogens is 2. The van der Waals surface area contributed by atoms with Crippen molar-refractivity contribution in [3.8, 4) is 17.0 Å². The van der Waals surface area contributed by atoms with Crippen molar-refractivity contribution in [2.45, 2.75) is 19.3 Å². The molecule has 11 heteroatoms. The second-order valence-corrected chi connectivity index (χ2v) is 9.47. The number of rotatable bonds is 4. The summed E-state index contributed by atoms with van der Waals surface area (Å²) in [5.41, 5.74) is 2.23. The number of amides is 1. The van der Waals surface area contributed by atoms with E-state index in [1.54, 1.807) is 12.1 Å². The van der Waals surface area contributed by atoms with E-state index in [1.165, 1.54) is 18.2 Å². The van der Waals surface area contributed by atoms with Crippen LogP contribution >= 0.6 is 0 Å². The normalized spacial score (nSPS) is 16.3. The van der Waals surface area contributed by atoms with E-state index in [4.69, 9.17) is 9.47 Å². The number of nitrogens with zero attached hydrogens (tertiary/aromatic N) is 3. The number of nitrogens with one attached hydrogen (secondary N) is 3. The summed E-state index contributed by atoms with van der Waals surface area (Å²) in [5.74, 6) is -1.10. The largest absolute Gasteiger partial charge is 0.490 e. The molecule has 0 spiro atoms. The topological polar surface area (TPSA) is 101 Å². The van der Waals surface area contributed by atoms with Crippen LogP contribution in [0.15, 0.2) is 42.6 Å². The average molecular weight is 539 g/mol. The first kappa shape index (κ1) is 26.8. The molecule has 5 rings (SSSR count). The van der Waals surface area contributed by atoms with E-state index in [9.17, 15) is 13.6 Å². The predicted molar refractivity (Wildman–Crippen MR) is 145 cm³/mol. The van der Waals surface area contributed by atoms with Crippen molar-refractivity contribution in [3.05, 3.63) is 59.8 Å². The molecular formula is C28H32F2N6O3. The van der Waals surface area contributed by atoms with Gasteiger partial charge >= 0.3 is 0 Å². The van der Waals surface area contributed by atoms with Gasteiger partial charge in [-0.05, 0) is 55.7 Å². The van der Waals surface area contributed by atoms with Gasteiger partial charge in [0.05, 0.1) is 31.6 Å². The van der Waals surface area contributed by atoms with Crippen LogP contribution in [0.5, 0.6) is 5.75 Å². The fourth-order valence-corrected chi connectivity index (χ4v) is 4.54. The van der Waals surface area contributed by atoms with Crippen molar-refractivity contribution < 1.29 is 23.0 Å². The standard InChI is InChI=1S/C28H32F2N6O3/c29-22-7-4-19-16-25(22)39-13-3-1-2-8-31-24-17-20(34-28-33-18-23(30)26(19)35-28)5-6-21(24)27(37)32-9-10-36-11-14-38-15-12-36/h4-7,16-18,31H,1-3,8-15H2,(H,32,37)(H,33,34,35). The quantitative estimate of drug-likeness (QED) is 0.455. The van der Waals surface area contributed by atoms with E-state index in [2.05, 4.69) is 30.8 Å². The van der Waals surface area contributed by atoms with Crippen molar-refractivity contribution in [2.24, 2.45) is 0 Å². The van der Waals surface area contributed by atoms with Gasteiger partial charge in [-0.15, -0.1) is 0 Å². The number of hydrogen-bond donors (Lipinski definition) is 3.